The van der Waals surface area contributed by atoms with Crippen molar-refractivity contribution in [2.75, 3.05) is 10.0 Å². The van der Waals surface area contributed by atoms with Crippen LogP contribution < -0.4 is 10.0 Å². The summed E-state index contributed by atoms with van der Waals surface area (Å²) in [6.45, 7) is 2.07. The minimum absolute atomic E-state index is 0.0928. The predicted octanol–water partition coefficient (Wildman–Crippen LogP) is 4.30. The monoisotopic (exact) mass is 380 g/mol. The third kappa shape index (κ3) is 4.74. The molecular weight excluding hydrogens is 360 g/mol. The second kappa shape index (κ2) is 8.05. The van der Waals surface area contributed by atoms with E-state index in [1.165, 1.54) is 29.8 Å². The number of sulfonamides is 1. The number of carbonyl (C=O) groups excluding carboxylic acids is 1. The highest BCUT2D eigenvalue weighted by Crippen LogP contribution is 2.17. The smallest absolute Gasteiger partial charge is 0.261 e. The molecule has 0 radical (unpaired) electrons. The molecule has 27 heavy (non-hydrogen) atoms. The first-order chi connectivity index (χ1) is 13.0. The van der Waals surface area contributed by atoms with Gasteiger partial charge in [0.25, 0.3) is 15.9 Å². The van der Waals surface area contributed by atoms with Crippen LogP contribution in [0, 0.1) is 0 Å². The number of hydrogen-bond acceptors (Lipinski definition) is 3. The van der Waals surface area contributed by atoms with Crippen LogP contribution >= 0.6 is 0 Å². The molecule has 0 spiro atoms. The van der Waals surface area contributed by atoms with Crippen LogP contribution in [-0.2, 0) is 16.4 Å². The average molecular weight is 380 g/mol. The van der Waals surface area contributed by atoms with Gasteiger partial charge in [-0.1, -0.05) is 37.3 Å². The van der Waals surface area contributed by atoms with E-state index in [4.69, 9.17) is 0 Å². The molecule has 0 aliphatic carbocycles. The molecule has 1 amide bonds. The van der Waals surface area contributed by atoms with Crippen molar-refractivity contribution in [2.45, 2.75) is 18.2 Å². The average Bonchev–Trinajstić information content (AvgIpc) is 2.69. The topological polar surface area (TPSA) is 75.3 Å². The summed E-state index contributed by atoms with van der Waals surface area (Å²) in [5.41, 5.74) is 2.75. The Kier molecular flexibility index (Phi) is 5.57. The third-order valence-corrected chi connectivity index (χ3v) is 5.47. The lowest BCUT2D eigenvalue weighted by atomic mass is 10.1. The minimum Gasteiger partial charge on any atom is -0.322 e. The maximum Gasteiger partial charge on any atom is 0.261 e. The molecule has 0 atom stereocenters. The summed E-state index contributed by atoms with van der Waals surface area (Å²) in [7, 11) is -3.70. The number of carbonyl (C=O) groups is 1. The van der Waals surface area contributed by atoms with Gasteiger partial charge in [-0.2, -0.15) is 0 Å². The Morgan fingerprint density at radius 3 is 2.04 bits per heavy atom. The van der Waals surface area contributed by atoms with Crippen molar-refractivity contribution in [1.82, 2.24) is 0 Å². The van der Waals surface area contributed by atoms with Crippen molar-refractivity contribution in [3.63, 3.8) is 0 Å². The van der Waals surface area contributed by atoms with Crippen molar-refractivity contribution >= 4 is 27.3 Å². The van der Waals surface area contributed by atoms with Gasteiger partial charge in [0, 0.05) is 16.9 Å². The number of nitrogens with one attached hydrogen (secondary N) is 2. The van der Waals surface area contributed by atoms with E-state index in [0.717, 1.165) is 6.42 Å². The lowest BCUT2D eigenvalue weighted by molar-refractivity contribution is 0.102. The van der Waals surface area contributed by atoms with Gasteiger partial charge >= 0.3 is 0 Å². The van der Waals surface area contributed by atoms with Crippen LogP contribution in [0.3, 0.4) is 0 Å². The molecule has 0 fully saturated rings. The summed E-state index contributed by atoms with van der Waals surface area (Å²) < 4.78 is 27.4. The van der Waals surface area contributed by atoms with Crippen LogP contribution in [0.5, 0.6) is 0 Å². The van der Waals surface area contributed by atoms with Gasteiger partial charge in [0.1, 0.15) is 0 Å². The highest BCUT2D eigenvalue weighted by Gasteiger charge is 2.15. The van der Waals surface area contributed by atoms with Gasteiger partial charge in [0.2, 0.25) is 0 Å². The Morgan fingerprint density at radius 1 is 0.815 bits per heavy atom. The van der Waals surface area contributed by atoms with E-state index in [9.17, 15) is 13.2 Å². The maximum absolute atomic E-state index is 12.4. The Labute approximate surface area is 159 Å². The molecule has 0 unspecified atom stereocenters. The van der Waals surface area contributed by atoms with E-state index < -0.39 is 10.0 Å². The van der Waals surface area contributed by atoms with E-state index in [0.29, 0.717) is 16.9 Å². The molecule has 3 aromatic rings. The molecule has 3 rings (SSSR count). The van der Waals surface area contributed by atoms with Crippen LogP contribution in [-0.4, -0.2) is 14.3 Å². The summed E-state index contributed by atoms with van der Waals surface area (Å²) in [6.07, 6.45) is 0.932. The number of aryl methyl sites for hydroxylation is 1. The number of para-hydroxylation sites is 1. The number of anilines is 2. The van der Waals surface area contributed by atoms with Crippen LogP contribution in [0.25, 0.3) is 0 Å². The Bertz CT molecular complexity index is 1010. The number of rotatable bonds is 6. The first-order valence-corrected chi connectivity index (χ1v) is 10.0. The largest absolute Gasteiger partial charge is 0.322 e. The summed E-state index contributed by atoms with van der Waals surface area (Å²) in [4.78, 5) is 12.4. The van der Waals surface area contributed by atoms with E-state index >= 15 is 0 Å². The van der Waals surface area contributed by atoms with E-state index in [1.807, 2.05) is 24.3 Å². The molecule has 6 heteroatoms. The third-order valence-electron chi connectivity index (χ3n) is 4.07. The SMILES string of the molecule is CCc1ccc(NC(=O)c2ccc(S(=O)(=O)Nc3ccccc3)cc2)cc1. The van der Waals surface area contributed by atoms with Crippen LogP contribution in [0.2, 0.25) is 0 Å². The normalized spacial score (nSPS) is 11.0. The highest BCUT2D eigenvalue weighted by atomic mass is 32.2. The zero-order chi connectivity index (χ0) is 19.3. The van der Waals surface area contributed by atoms with Crippen molar-refractivity contribution in [2.24, 2.45) is 0 Å². The fraction of sp³-hybridized carbons (Fsp3) is 0.0952. The van der Waals surface area contributed by atoms with Crippen molar-refractivity contribution in [3.05, 3.63) is 90.0 Å². The lowest BCUT2D eigenvalue weighted by Gasteiger charge is -2.09. The zero-order valence-corrected chi connectivity index (χ0v) is 15.7. The van der Waals surface area contributed by atoms with Crippen LogP contribution in [0.4, 0.5) is 11.4 Å². The van der Waals surface area contributed by atoms with E-state index in [2.05, 4.69) is 17.0 Å². The fourth-order valence-corrected chi connectivity index (χ4v) is 3.59. The van der Waals surface area contributed by atoms with Gasteiger partial charge in [-0.05, 0) is 60.5 Å². The van der Waals surface area contributed by atoms with Gasteiger partial charge in [-0.3, -0.25) is 9.52 Å². The van der Waals surface area contributed by atoms with E-state index in [1.54, 1.807) is 30.3 Å². The molecule has 0 heterocycles. The van der Waals surface area contributed by atoms with Gasteiger partial charge in [0.05, 0.1) is 4.90 Å². The number of benzene rings is 3. The molecular formula is C21H20N2O3S. The zero-order valence-electron chi connectivity index (χ0n) is 14.8. The standard InChI is InChI=1S/C21H20N2O3S/c1-2-16-8-12-18(13-9-16)22-21(24)17-10-14-20(15-11-17)27(25,26)23-19-6-4-3-5-7-19/h3-15,23H,2H2,1H3,(H,22,24). The fourth-order valence-electron chi connectivity index (χ4n) is 2.53. The maximum atomic E-state index is 12.4. The summed E-state index contributed by atoms with van der Waals surface area (Å²) in [5.74, 6) is -0.292. The quantitative estimate of drug-likeness (QED) is 0.669. The molecule has 0 aliphatic heterocycles. The highest BCUT2D eigenvalue weighted by molar-refractivity contribution is 7.92. The van der Waals surface area contributed by atoms with Crippen molar-refractivity contribution in [1.29, 1.82) is 0 Å². The Hall–Kier alpha value is -3.12. The second-order valence-electron chi connectivity index (χ2n) is 6.00. The van der Waals surface area contributed by atoms with Gasteiger partial charge in [-0.15, -0.1) is 0 Å². The minimum atomic E-state index is -3.70. The molecule has 0 saturated heterocycles. The predicted molar refractivity (Wildman–Crippen MR) is 107 cm³/mol. The number of amides is 1. The van der Waals surface area contributed by atoms with Gasteiger partial charge in [0.15, 0.2) is 0 Å². The van der Waals surface area contributed by atoms with E-state index in [-0.39, 0.29) is 10.8 Å². The Morgan fingerprint density at radius 2 is 1.44 bits per heavy atom. The first kappa shape index (κ1) is 18.7. The molecule has 0 bridgehead atoms. The lowest BCUT2D eigenvalue weighted by Crippen LogP contribution is -2.14. The summed E-state index contributed by atoms with van der Waals surface area (Å²) in [5, 5.41) is 2.80. The molecule has 0 aliphatic rings. The van der Waals surface area contributed by atoms with Gasteiger partial charge < -0.3 is 5.32 Å². The molecule has 138 valence electrons. The van der Waals surface area contributed by atoms with Crippen molar-refractivity contribution in [3.8, 4) is 0 Å². The summed E-state index contributed by atoms with van der Waals surface area (Å²) >= 11 is 0. The Balaban J connectivity index is 1.71. The van der Waals surface area contributed by atoms with Crippen molar-refractivity contribution < 1.29 is 13.2 Å². The molecule has 0 saturated carbocycles. The first-order valence-electron chi connectivity index (χ1n) is 8.56. The van der Waals surface area contributed by atoms with Crippen LogP contribution in [0.1, 0.15) is 22.8 Å². The second-order valence-corrected chi connectivity index (χ2v) is 7.68. The van der Waals surface area contributed by atoms with Crippen LogP contribution in [0.15, 0.2) is 83.8 Å². The molecule has 0 aromatic heterocycles. The molecule has 3 aromatic carbocycles. The number of hydrogen-bond donors (Lipinski definition) is 2. The van der Waals surface area contributed by atoms with Gasteiger partial charge in [-0.25, -0.2) is 8.42 Å². The summed E-state index contributed by atoms with van der Waals surface area (Å²) in [6, 6.07) is 22.1. The molecule has 5 nitrogen and oxygen atoms in total. The molecule has 2 N–H and O–H groups in total.